The average molecular weight is 306 g/mol. The molecule has 0 aliphatic heterocycles. The molecule has 2 aromatic rings. The molecule has 0 radical (unpaired) electrons. The number of methoxy groups -OCH3 is 1. The van der Waals surface area contributed by atoms with E-state index in [0.717, 1.165) is 5.56 Å². The minimum absolute atomic E-state index is 0.205. The molecule has 6 heteroatoms. The van der Waals surface area contributed by atoms with Gasteiger partial charge in [-0.15, -0.1) is 0 Å². The zero-order valence-electron chi connectivity index (χ0n) is 12.3. The van der Waals surface area contributed by atoms with Crippen LogP contribution in [0, 0.1) is 6.92 Å². The number of benzene rings is 1. The first kappa shape index (κ1) is 15.5. The first-order chi connectivity index (χ1) is 10.0. The Morgan fingerprint density at radius 2 is 2.05 bits per heavy atom. The van der Waals surface area contributed by atoms with Gasteiger partial charge in [-0.3, -0.25) is 0 Å². The fourth-order valence-electron chi connectivity index (χ4n) is 1.94. The van der Waals surface area contributed by atoms with Gasteiger partial charge in [0.15, 0.2) is 5.13 Å². The number of carbonyl (C=O) groups is 1. The summed E-state index contributed by atoms with van der Waals surface area (Å²) in [5.41, 5.74) is 2.84. The molecular formula is C15H18N2O3S. The lowest BCUT2D eigenvalue weighted by atomic mass is 10.1. The minimum Gasteiger partial charge on any atom is -0.477 e. The summed E-state index contributed by atoms with van der Waals surface area (Å²) in [6, 6.07) is 8.25. The van der Waals surface area contributed by atoms with E-state index in [1.54, 1.807) is 0 Å². The Balaban J connectivity index is 2.18. The zero-order valence-corrected chi connectivity index (χ0v) is 13.1. The van der Waals surface area contributed by atoms with Crippen molar-refractivity contribution in [1.82, 2.24) is 4.98 Å². The smallest absolute Gasteiger partial charge is 0.347 e. The van der Waals surface area contributed by atoms with E-state index in [0.29, 0.717) is 17.4 Å². The Labute approximate surface area is 127 Å². The molecule has 5 nitrogen and oxygen atoms in total. The SMILES string of the molecule is COCc1nc(N(C)Cc2ccc(C)cc2)sc1C(=O)O. The summed E-state index contributed by atoms with van der Waals surface area (Å²) in [6.45, 7) is 2.93. The number of carboxylic acids is 1. The van der Waals surface area contributed by atoms with Crippen molar-refractivity contribution in [2.24, 2.45) is 0 Å². The fraction of sp³-hybridized carbons (Fsp3) is 0.333. The highest BCUT2D eigenvalue weighted by molar-refractivity contribution is 7.17. The van der Waals surface area contributed by atoms with Crippen molar-refractivity contribution in [3.05, 3.63) is 46.0 Å². The summed E-state index contributed by atoms with van der Waals surface area (Å²) in [5, 5.41) is 9.88. The van der Waals surface area contributed by atoms with E-state index in [4.69, 9.17) is 4.74 Å². The third-order valence-corrected chi connectivity index (χ3v) is 4.23. The van der Waals surface area contributed by atoms with Crippen molar-refractivity contribution in [2.45, 2.75) is 20.1 Å². The first-order valence-corrected chi connectivity index (χ1v) is 7.31. The van der Waals surface area contributed by atoms with Gasteiger partial charge in [-0.25, -0.2) is 9.78 Å². The summed E-state index contributed by atoms with van der Waals surface area (Å²) in [6.07, 6.45) is 0. The van der Waals surface area contributed by atoms with Gasteiger partial charge in [0.2, 0.25) is 0 Å². The van der Waals surface area contributed by atoms with Crippen LogP contribution in [0.25, 0.3) is 0 Å². The van der Waals surface area contributed by atoms with Crippen LogP contribution in [-0.4, -0.2) is 30.2 Å². The van der Waals surface area contributed by atoms with Crippen molar-refractivity contribution < 1.29 is 14.6 Å². The molecule has 0 atom stereocenters. The largest absolute Gasteiger partial charge is 0.477 e. The lowest BCUT2D eigenvalue weighted by Crippen LogP contribution is -2.16. The second-order valence-corrected chi connectivity index (χ2v) is 5.83. The second-order valence-electron chi connectivity index (χ2n) is 4.85. The molecule has 2 rings (SSSR count). The number of aryl methyl sites for hydroxylation is 1. The maximum absolute atomic E-state index is 11.2. The number of anilines is 1. The van der Waals surface area contributed by atoms with E-state index < -0.39 is 5.97 Å². The molecule has 0 bridgehead atoms. The van der Waals surface area contributed by atoms with Crippen LogP contribution in [0.3, 0.4) is 0 Å². The van der Waals surface area contributed by atoms with E-state index in [9.17, 15) is 9.90 Å². The molecule has 0 saturated carbocycles. The highest BCUT2D eigenvalue weighted by Crippen LogP contribution is 2.27. The lowest BCUT2D eigenvalue weighted by Gasteiger charge is -2.15. The molecule has 0 unspecified atom stereocenters. The van der Waals surface area contributed by atoms with Crippen LogP contribution in [0.1, 0.15) is 26.5 Å². The van der Waals surface area contributed by atoms with Crippen molar-refractivity contribution >= 4 is 22.4 Å². The zero-order chi connectivity index (χ0) is 15.4. The maximum Gasteiger partial charge on any atom is 0.347 e. The molecule has 1 aromatic heterocycles. The molecule has 0 aliphatic rings. The van der Waals surface area contributed by atoms with Gasteiger partial charge in [-0.2, -0.15) is 0 Å². The summed E-state index contributed by atoms with van der Waals surface area (Å²) < 4.78 is 5.01. The standard InChI is InChI=1S/C15H18N2O3S/c1-10-4-6-11(7-5-10)8-17(2)15-16-12(9-20-3)13(21-15)14(18)19/h4-7H,8-9H2,1-3H3,(H,18,19). The van der Waals surface area contributed by atoms with Gasteiger partial charge in [-0.1, -0.05) is 41.2 Å². The van der Waals surface area contributed by atoms with Crippen molar-refractivity contribution in [3.63, 3.8) is 0 Å². The predicted octanol–water partition coefficient (Wildman–Crippen LogP) is 2.93. The Hall–Kier alpha value is -1.92. The Morgan fingerprint density at radius 3 is 2.62 bits per heavy atom. The van der Waals surface area contributed by atoms with Crippen LogP contribution in [0.2, 0.25) is 0 Å². The molecule has 1 aromatic carbocycles. The van der Waals surface area contributed by atoms with E-state index in [2.05, 4.69) is 29.2 Å². The van der Waals surface area contributed by atoms with Gasteiger partial charge >= 0.3 is 5.97 Å². The van der Waals surface area contributed by atoms with Gasteiger partial charge < -0.3 is 14.7 Å². The molecule has 0 saturated heterocycles. The van der Waals surface area contributed by atoms with Crippen molar-refractivity contribution in [1.29, 1.82) is 0 Å². The van der Waals surface area contributed by atoms with Gasteiger partial charge in [-0.05, 0) is 12.5 Å². The van der Waals surface area contributed by atoms with E-state index in [1.165, 1.54) is 24.0 Å². The number of carboxylic acid groups (broad SMARTS) is 1. The van der Waals surface area contributed by atoms with E-state index >= 15 is 0 Å². The summed E-state index contributed by atoms with van der Waals surface area (Å²) in [5.74, 6) is -0.963. The third kappa shape index (κ3) is 3.80. The lowest BCUT2D eigenvalue weighted by molar-refractivity contribution is 0.0697. The number of aromatic nitrogens is 1. The monoisotopic (exact) mass is 306 g/mol. The Bertz CT molecular complexity index is 622. The number of aromatic carboxylic acids is 1. The highest BCUT2D eigenvalue weighted by atomic mass is 32.1. The number of thiazole rings is 1. The van der Waals surface area contributed by atoms with Crippen LogP contribution in [-0.2, 0) is 17.9 Å². The molecule has 21 heavy (non-hydrogen) atoms. The van der Waals surface area contributed by atoms with Gasteiger partial charge in [0.05, 0.1) is 12.3 Å². The molecule has 0 amide bonds. The van der Waals surface area contributed by atoms with Crippen molar-refractivity contribution in [3.8, 4) is 0 Å². The quantitative estimate of drug-likeness (QED) is 0.889. The Kier molecular flexibility index (Phi) is 4.93. The molecule has 1 N–H and O–H groups in total. The molecule has 112 valence electrons. The Morgan fingerprint density at radius 1 is 1.38 bits per heavy atom. The number of rotatable bonds is 6. The van der Waals surface area contributed by atoms with Crippen LogP contribution >= 0.6 is 11.3 Å². The molecule has 1 heterocycles. The maximum atomic E-state index is 11.2. The number of hydrogen-bond donors (Lipinski definition) is 1. The van der Waals surface area contributed by atoms with Gasteiger partial charge in [0.25, 0.3) is 0 Å². The highest BCUT2D eigenvalue weighted by Gasteiger charge is 2.19. The molecule has 0 fully saturated rings. The topological polar surface area (TPSA) is 62.7 Å². The molecular weight excluding hydrogens is 288 g/mol. The van der Waals surface area contributed by atoms with Gasteiger partial charge in [0, 0.05) is 20.7 Å². The first-order valence-electron chi connectivity index (χ1n) is 6.50. The van der Waals surface area contributed by atoms with Crippen LogP contribution in [0.15, 0.2) is 24.3 Å². The summed E-state index contributed by atoms with van der Waals surface area (Å²) in [4.78, 5) is 17.8. The molecule has 0 aliphatic carbocycles. The van der Waals surface area contributed by atoms with Crippen LogP contribution in [0.4, 0.5) is 5.13 Å². The predicted molar refractivity (Wildman–Crippen MR) is 83.1 cm³/mol. The number of ether oxygens (including phenoxy) is 1. The number of nitrogens with zero attached hydrogens (tertiary/aromatic N) is 2. The third-order valence-electron chi connectivity index (χ3n) is 3.03. The number of hydrogen-bond acceptors (Lipinski definition) is 5. The van der Waals surface area contributed by atoms with Gasteiger partial charge in [0.1, 0.15) is 4.88 Å². The van der Waals surface area contributed by atoms with E-state index in [-0.39, 0.29) is 11.5 Å². The average Bonchev–Trinajstić information content (AvgIpc) is 2.86. The summed E-state index contributed by atoms with van der Waals surface area (Å²) in [7, 11) is 3.43. The van der Waals surface area contributed by atoms with E-state index in [1.807, 2.05) is 18.9 Å². The van der Waals surface area contributed by atoms with Crippen LogP contribution in [0.5, 0.6) is 0 Å². The normalized spacial score (nSPS) is 10.6. The summed E-state index contributed by atoms with van der Waals surface area (Å²) >= 11 is 1.17. The van der Waals surface area contributed by atoms with Crippen LogP contribution < -0.4 is 4.90 Å². The van der Waals surface area contributed by atoms with Crippen molar-refractivity contribution in [2.75, 3.05) is 19.1 Å². The minimum atomic E-state index is -0.963. The second kappa shape index (κ2) is 6.69. The molecule has 0 spiro atoms. The fourth-order valence-corrected chi connectivity index (χ4v) is 2.81.